The molecule has 0 spiro atoms. The molecule has 0 aromatic carbocycles. The second-order valence-corrected chi connectivity index (χ2v) is 4.27. The topological polar surface area (TPSA) is 61.9 Å². The Kier molecular flexibility index (Phi) is 3.25. The fraction of sp³-hybridized carbons (Fsp3) is 0.833. The smallest absolute Gasteiger partial charge is 0.319 e. The van der Waals surface area contributed by atoms with Crippen LogP contribution in [-0.4, -0.2) is 15.1 Å². The Morgan fingerprint density at radius 3 is 1.82 bits per heavy atom. The summed E-state index contributed by atoms with van der Waals surface area (Å²) in [6.45, 7) is 9.92. The van der Waals surface area contributed by atoms with E-state index in [0.717, 1.165) is 0 Å². The molecule has 0 rings (SSSR count). The van der Waals surface area contributed by atoms with Crippen LogP contribution in [-0.2, 0) is 4.57 Å². The quantitative estimate of drug-likeness (QED) is 0.508. The molecule has 64 valence electrons. The second kappa shape index (κ2) is 3.36. The Morgan fingerprint density at radius 2 is 1.82 bits per heavy atom. The lowest BCUT2D eigenvalue weighted by atomic mass is 10.2. The summed E-state index contributed by atoms with van der Waals surface area (Å²) < 4.78 is 10.8. The number of hydrogen-bond donors (Lipinski definition) is 2. The fourth-order valence-corrected chi connectivity index (χ4v) is 1.84. The molecule has 0 aliphatic heterocycles. The predicted molar refractivity (Wildman–Crippen MR) is 42.0 cm³/mol. The molecule has 0 radical (unpaired) electrons. The van der Waals surface area contributed by atoms with Crippen molar-refractivity contribution in [2.45, 2.75) is 32.0 Å². The van der Waals surface area contributed by atoms with Crippen LogP contribution in [0.25, 0.3) is 4.85 Å². The molecule has 11 heavy (non-hydrogen) atoms. The van der Waals surface area contributed by atoms with Gasteiger partial charge in [-0.2, -0.15) is 0 Å². The second-order valence-electron chi connectivity index (χ2n) is 2.35. The summed E-state index contributed by atoms with van der Waals surface area (Å²) in [5, 5.41) is -1.48. The van der Waals surface area contributed by atoms with Crippen LogP contribution < -0.4 is 0 Å². The van der Waals surface area contributed by atoms with Gasteiger partial charge >= 0.3 is 12.9 Å². The van der Waals surface area contributed by atoms with E-state index >= 15 is 0 Å². The lowest BCUT2D eigenvalue weighted by molar-refractivity contribution is 0.333. The molecular weight excluding hydrogens is 165 g/mol. The maximum absolute atomic E-state index is 10.8. The van der Waals surface area contributed by atoms with E-state index in [2.05, 4.69) is 4.85 Å². The van der Waals surface area contributed by atoms with Gasteiger partial charge in [-0.1, -0.05) is 13.8 Å². The molecule has 0 atom stereocenters. The van der Waals surface area contributed by atoms with Crippen LogP contribution in [0, 0.1) is 6.57 Å². The molecule has 0 aliphatic carbocycles. The number of hydrogen-bond acceptors (Lipinski definition) is 1. The van der Waals surface area contributed by atoms with Gasteiger partial charge < -0.3 is 9.79 Å². The van der Waals surface area contributed by atoms with Gasteiger partial charge in [-0.05, 0) is 0 Å². The van der Waals surface area contributed by atoms with Crippen molar-refractivity contribution < 1.29 is 14.4 Å². The lowest BCUT2D eigenvalue weighted by Crippen LogP contribution is -2.22. The Morgan fingerprint density at radius 1 is 1.45 bits per heavy atom. The zero-order valence-electron chi connectivity index (χ0n) is 6.61. The predicted octanol–water partition coefficient (Wildman–Crippen LogP) is 1.60. The minimum Gasteiger partial charge on any atom is -0.319 e. The summed E-state index contributed by atoms with van der Waals surface area (Å²) in [5.41, 5.74) is 0. The van der Waals surface area contributed by atoms with E-state index < -0.39 is 12.9 Å². The van der Waals surface area contributed by atoms with Gasteiger partial charge in [0.25, 0.3) is 0 Å². The van der Waals surface area contributed by atoms with Crippen molar-refractivity contribution >= 4 is 7.60 Å². The van der Waals surface area contributed by atoms with Crippen LogP contribution >= 0.6 is 7.60 Å². The molecule has 0 heterocycles. The average molecular weight is 177 g/mol. The highest BCUT2D eigenvalue weighted by Crippen LogP contribution is 2.55. The third kappa shape index (κ3) is 1.81. The molecule has 0 saturated carbocycles. The van der Waals surface area contributed by atoms with Crippen molar-refractivity contribution in [1.29, 1.82) is 0 Å². The molecule has 0 aliphatic rings. The van der Waals surface area contributed by atoms with Gasteiger partial charge in [0.1, 0.15) is 0 Å². The van der Waals surface area contributed by atoms with E-state index in [-0.39, 0.29) is 12.8 Å². The van der Waals surface area contributed by atoms with Gasteiger partial charge in [-0.3, -0.25) is 9.41 Å². The lowest BCUT2D eigenvalue weighted by Gasteiger charge is -2.18. The molecular formula is C6H12NO3P. The molecule has 4 nitrogen and oxygen atoms in total. The summed E-state index contributed by atoms with van der Waals surface area (Å²) in [6.07, 6.45) is 0.383. The maximum atomic E-state index is 10.8. The summed E-state index contributed by atoms with van der Waals surface area (Å²) in [4.78, 5) is 20.7. The monoisotopic (exact) mass is 177 g/mol. The third-order valence-corrected chi connectivity index (χ3v) is 3.70. The summed E-state index contributed by atoms with van der Waals surface area (Å²) >= 11 is 0. The zero-order chi connectivity index (χ0) is 9.12. The van der Waals surface area contributed by atoms with E-state index in [0.29, 0.717) is 0 Å². The van der Waals surface area contributed by atoms with Crippen molar-refractivity contribution in [3.63, 3.8) is 0 Å². The Balaban J connectivity index is 4.90. The molecule has 0 saturated heterocycles. The maximum Gasteiger partial charge on any atom is 0.410 e. The van der Waals surface area contributed by atoms with E-state index in [1.807, 2.05) is 0 Å². The highest BCUT2D eigenvalue weighted by Gasteiger charge is 2.50. The molecule has 0 aromatic rings. The van der Waals surface area contributed by atoms with Crippen LogP contribution in [0.3, 0.4) is 0 Å². The van der Waals surface area contributed by atoms with Crippen LogP contribution in [0.1, 0.15) is 26.7 Å². The van der Waals surface area contributed by atoms with Crippen LogP contribution in [0.15, 0.2) is 0 Å². The van der Waals surface area contributed by atoms with Crippen molar-refractivity contribution in [3.05, 3.63) is 11.4 Å². The van der Waals surface area contributed by atoms with Gasteiger partial charge in [-0.25, -0.2) is 6.57 Å². The fourth-order valence-electron chi connectivity index (χ4n) is 0.885. The average Bonchev–Trinajstić information content (AvgIpc) is 1.90. The molecule has 0 unspecified atom stereocenters. The van der Waals surface area contributed by atoms with Crippen LogP contribution in [0.2, 0.25) is 0 Å². The van der Waals surface area contributed by atoms with Gasteiger partial charge in [0, 0.05) is 12.8 Å². The molecule has 0 bridgehead atoms. The SMILES string of the molecule is [C-]#[N+]C(CC)(CC)P(=O)(O)O. The van der Waals surface area contributed by atoms with Crippen LogP contribution in [0.4, 0.5) is 0 Å². The first-order chi connectivity index (χ1) is 4.93. The molecule has 0 amide bonds. The first-order valence-electron chi connectivity index (χ1n) is 3.37. The van der Waals surface area contributed by atoms with E-state index in [4.69, 9.17) is 16.4 Å². The van der Waals surface area contributed by atoms with Crippen molar-refractivity contribution in [2.24, 2.45) is 0 Å². The van der Waals surface area contributed by atoms with Crippen molar-refractivity contribution in [2.75, 3.05) is 0 Å². The molecule has 0 aromatic heterocycles. The van der Waals surface area contributed by atoms with E-state index in [1.54, 1.807) is 13.8 Å². The molecule has 2 N–H and O–H groups in total. The number of nitrogens with zero attached hydrogens (tertiary/aromatic N) is 1. The largest absolute Gasteiger partial charge is 0.410 e. The number of rotatable bonds is 3. The Bertz CT molecular complexity index is 210. The third-order valence-electron chi connectivity index (χ3n) is 1.88. The first kappa shape index (κ1) is 10.6. The summed E-state index contributed by atoms with van der Waals surface area (Å²) in [7, 11) is -4.26. The normalized spacial score (nSPS) is 12.6. The zero-order valence-corrected chi connectivity index (χ0v) is 7.51. The highest BCUT2D eigenvalue weighted by molar-refractivity contribution is 7.53. The Hall–Kier alpha value is -0.360. The van der Waals surface area contributed by atoms with Gasteiger partial charge in [-0.15, -0.1) is 0 Å². The first-order valence-corrected chi connectivity index (χ1v) is 4.99. The van der Waals surface area contributed by atoms with Gasteiger partial charge in [0.05, 0.1) is 0 Å². The van der Waals surface area contributed by atoms with Crippen molar-refractivity contribution in [3.8, 4) is 0 Å². The summed E-state index contributed by atoms with van der Waals surface area (Å²) in [5.74, 6) is 0. The summed E-state index contributed by atoms with van der Waals surface area (Å²) in [6, 6.07) is 0. The molecule has 5 heteroatoms. The standard InChI is InChI=1S/C6H12NO3P/c1-4-6(5-2,7-3)11(8,9)10/h4-5H2,1-2H3,(H2,8,9,10). The van der Waals surface area contributed by atoms with E-state index in [1.165, 1.54) is 0 Å². The molecule has 0 fully saturated rings. The Labute approximate surface area is 66.2 Å². The minimum absolute atomic E-state index is 0.192. The minimum atomic E-state index is -4.26. The van der Waals surface area contributed by atoms with E-state index in [9.17, 15) is 4.57 Å². The van der Waals surface area contributed by atoms with Gasteiger partial charge in [0.2, 0.25) is 0 Å². The van der Waals surface area contributed by atoms with Crippen molar-refractivity contribution in [1.82, 2.24) is 0 Å². The van der Waals surface area contributed by atoms with Crippen LogP contribution in [0.5, 0.6) is 0 Å². The highest BCUT2D eigenvalue weighted by atomic mass is 31.2. The van der Waals surface area contributed by atoms with Gasteiger partial charge in [0.15, 0.2) is 0 Å².